The molecule has 0 aromatic rings. The number of carbonyl (C=O) groups is 1. The van der Waals surface area contributed by atoms with E-state index in [1.165, 1.54) is 7.05 Å². The third-order valence-corrected chi connectivity index (χ3v) is 0.990. The Morgan fingerprint density at radius 2 is 2.30 bits per heavy atom. The van der Waals surface area contributed by atoms with E-state index in [2.05, 4.69) is 10.1 Å². The van der Waals surface area contributed by atoms with Crippen molar-refractivity contribution in [3.63, 3.8) is 0 Å². The van der Waals surface area contributed by atoms with E-state index < -0.39 is 6.09 Å². The van der Waals surface area contributed by atoms with Crippen LogP contribution in [0.1, 0.15) is 12.8 Å². The van der Waals surface area contributed by atoms with E-state index in [0.717, 1.165) is 0 Å². The van der Waals surface area contributed by atoms with Crippen LogP contribution in [-0.2, 0) is 4.74 Å². The van der Waals surface area contributed by atoms with E-state index in [0.29, 0.717) is 19.4 Å². The van der Waals surface area contributed by atoms with Crippen molar-refractivity contribution in [2.24, 2.45) is 0 Å². The zero-order valence-corrected chi connectivity index (χ0v) is 6.09. The van der Waals surface area contributed by atoms with Crippen LogP contribution in [-0.4, -0.2) is 31.5 Å². The van der Waals surface area contributed by atoms with Gasteiger partial charge in [-0.1, -0.05) is 0 Å². The summed E-state index contributed by atoms with van der Waals surface area (Å²) in [6.07, 6.45) is 0.971. The van der Waals surface area contributed by atoms with Crippen LogP contribution >= 0.6 is 0 Å². The Bertz CT molecular complexity index is 95.0. The molecule has 0 rings (SSSR count). The van der Waals surface area contributed by atoms with Crippen LogP contribution < -0.4 is 5.32 Å². The Balaban J connectivity index is 2.96. The van der Waals surface area contributed by atoms with Gasteiger partial charge in [-0.05, 0) is 12.8 Å². The van der Waals surface area contributed by atoms with Gasteiger partial charge < -0.3 is 15.2 Å². The normalized spacial score (nSPS) is 9.00. The van der Waals surface area contributed by atoms with Crippen LogP contribution in [0.5, 0.6) is 0 Å². The topological polar surface area (TPSA) is 58.6 Å². The van der Waals surface area contributed by atoms with Crippen LogP contribution in [0.25, 0.3) is 0 Å². The Labute approximate surface area is 60.2 Å². The first-order chi connectivity index (χ1) is 4.81. The minimum atomic E-state index is -0.419. The molecule has 60 valence electrons. The predicted octanol–water partition coefficient (Wildman–Crippen LogP) is 0.115. The van der Waals surface area contributed by atoms with Crippen molar-refractivity contribution in [3.8, 4) is 0 Å². The second kappa shape index (κ2) is 6.35. The summed E-state index contributed by atoms with van der Waals surface area (Å²) in [7, 11) is 1.51. The number of nitrogens with one attached hydrogen (secondary N) is 1. The number of aliphatic hydroxyl groups is 1. The second-order valence-electron chi connectivity index (χ2n) is 1.82. The Hall–Kier alpha value is -0.770. The van der Waals surface area contributed by atoms with Gasteiger partial charge in [0.05, 0.1) is 6.61 Å². The lowest BCUT2D eigenvalue weighted by Crippen LogP contribution is -2.19. The zero-order chi connectivity index (χ0) is 7.82. The first-order valence-electron chi connectivity index (χ1n) is 3.26. The average molecular weight is 147 g/mol. The molecule has 0 spiro atoms. The molecular formula is C6H13NO3. The summed E-state index contributed by atoms with van der Waals surface area (Å²) < 4.78 is 4.63. The molecular weight excluding hydrogens is 134 g/mol. The van der Waals surface area contributed by atoms with Crippen molar-refractivity contribution >= 4 is 6.09 Å². The molecule has 0 bridgehead atoms. The zero-order valence-electron chi connectivity index (χ0n) is 6.09. The Morgan fingerprint density at radius 3 is 2.80 bits per heavy atom. The van der Waals surface area contributed by atoms with Crippen LogP contribution in [0.3, 0.4) is 0 Å². The molecule has 0 unspecified atom stereocenters. The van der Waals surface area contributed by atoms with Crippen molar-refractivity contribution in [3.05, 3.63) is 0 Å². The van der Waals surface area contributed by atoms with Gasteiger partial charge in [0.15, 0.2) is 0 Å². The van der Waals surface area contributed by atoms with Crippen LogP contribution in [0.4, 0.5) is 4.79 Å². The summed E-state index contributed by atoms with van der Waals surface area (Å²) in [5.74, 6) is 0. The number of carbonyl (C=O) groups excluding carboxylic acids is 1. The maximum atomic E-state index is 10.4. The fourth-order valence-corrected chi connectivity index (χ4v) is 0.451. The molecule has 1 amide bonds. The third-order valence-electron chi connectivity index (χ3n) is 0.990. The maximum Gasteiger partial charge on any atom is 0.406 e. The van der Waals surface area contributed by atoms with Crippen LogP contribution in [0, 0.1) is 0 Å². The monoisotopic (exact) mass is 147 g/mol. The van der Waals surface area contributed by atoms with Gasteiger partial charge in [-0.3, -0.25) is 0 Å². The minimum absolute atomic E-state index is 0.150. The fraction of sp³-hybridized carbons (Fsp3) is 0.833. The molecule has 4 nitrogen and oxygen atoms in total. The number of ether oxygens (including phenoxy) is 1. The summed E-state index contributed by atoms with van der Waals surface area (Å²) in [6, 6.07) is 0. The summed E-state index contributed by atoms with van der Waals surface area (Å²) >= 11 is 0. The first-order valence-corrected chi connectivity index (χ1v) is 3.26. The number of hydrogen-bond acceptors (Lipinski definition) is 3. The number of unbranched alkanes of at least 4 members (excludes halogenated alkanes) is 1. The van der Waals surface area contributed by atoms with E-state index in [-0.39, 0.29) is 6.61 Å². The summed E-state index contributed by atoms with van der Waals surface area (Å²) in [5, 5.41) is 10.7. The van der Waals surface area contributed by atoms with E-state index in [1.54, 1.807) is 0 Å². The lowest BCUT2D eigenvalue weighted by molar-refractivity contribution is 0.143. The van der Waals surface area contributed by atoms with Gasteiger partial charge in [-0.15, -0.1) is 0 Å². The molecule has 0 aliphatic heterocycles. The van der Waals surface area contributed by atoms with Crippen molar-refractivity contribution in [1.29, 1.82) is 0 Å². The molecule has 0 fully saturated rings. The van der Waals surface area contributed by atoms with Gasteiger partial charge >= 0.3 is 6.09 Å². The lowest BCUT2D eigenvalue weighted by atomic mass is 10.3. The summed E-state index contributed by atoms with van der Waals surface area (Å²) in [5.41, 5.74) is 0. The number of hydrogen-bond donors (Lipinski definition) is 2. The van der Waals surface area contributed by atoms with E-state index in [1.807, 2.05) is 0 Å². The van der Waals surface area contributed by atoms with E-state index >= 15 is 0 Å². The number of rotatable bonds is 4. The van der Waals surface area contributed by atoms with Gasteiger partial charge in [0.1, 0.15) is 0 Å². The molecule has 0 radical (unpaired) electrons. The van der Waals surface area contributed by atoms with Gasteiger partial charge in [-0.2, -0.15) is 0 Å². The molecule has 2 N–H and O–H groups in total. The SMILES string of the molecule is CNC(=O)OCCCCO. The van der Waals surface area contributed by atoms with Crippen molar-refractivity contribution < 1.29 is 14.6 Å². The van der Waals surface area contributed by atoms with E-state index in [9.17, 15) is 4.79 Å². The standard InChI is InChI=1S/C6H13NO3/c1-7-6(9)10-5-3-2-4-8/h8H,2-5H2,1H3,(H,7,9). The first kappa shape index (κ1) is 9.23. The quantitative estimate of drug-likeness (QED) is 0.555. The molecule has 0 saturated carbocycles. The predicted molar refractivity (Wildman–Crippen MR) is 36.7 cm³/mol. The summed E-state index contributed by atoms with van der Waals surface area (Å²) in [6.45, 7) is 0.525. The van der Waals surface area contributed by atoms with Gasteiger partial charge in [0.25, 0.3) is 0 Å². The van der Waals surface area contributed by atoms with Crippen molar-refractivity contribution in [1.82, 2.24) is 5.32 Å². The maximum absolute atomic E-state index is 10.4. The second-order valence-corrected chi connectivity index (χ2v) is 1.82. The molecule has 0 heterocycles. The highest BCUT2D eigenvalue weighted by Crippen LogP contribution is 1.87. The molecule has 0 aromatic heterocycles. The third kappa shape index (κ3) is 5.37. The smallest absolute Gasteiger partial charge is 0.406 e. The highest BCUT2D eigenvalue weighted by Gasteiger charge is 1.94. The lowest BCUT2D eigenvalue weighted by Gasteiger charge is -2.01. The van der Waals surface area contributed by atoms with Crippen molar-refractivity contribution in [2.45, 2.75) is 12.8 Å². The van der Waals surface area contributed by atoms with Gasteiger partial charge in [0, 0.05) is 13.7 Å². The molecule has 10 heavy (non-hydrogen) atoms. The molecule has 0 aliphatic rings. The van der Waals surface area contributed by atoms with Crippen LogP contribution in [0.2, 0.25) is 0 Å². The summed E-state index contributed by atoms with van der Waals surface area (Å²) in [4.78, 5) is 10.4. The molecule has 0 aliphatic carbocycles. The number of amides is 1. The average Bonchev–Trinajstić information content (AvgIpc) is 1.98. The van der Waals surface area contributed by atoms with Gasteiger partial charge in [-0.25, -0.2) is 4.79 Å². The molecule has 0 saturated heterocycles. The number of aliphatic hydroxyl groups excluding tert-OH is 1. The molecule has 0 aromatic carbocycles. The van der Waals surface area contributed by atoms with Gasteiger partial charge in [0.2, 0.25) is 0 Å². The van der Waals surface area contributed by atoms with E-state index in [4.69, 9.17) is 5.11 Å². The highest BCUT2D eigenvalue weighted by atomic mass is 16.5. The highest BCUT2D eigenvalue weighted by molar-refractivity contribution is 5.66. The number of alkyl carbamates (subject to hydrolysis) is 1. The minimum Gasteiger partial charge on any atom is -0.450 e. The largest absolute Gasteiger partial charge is 0.450 e. The van der Waals surface area contributed by atoms with Crippen molar-refractivity contribution in [2.75, 3.05) is 20.3 Å². The molecule has 0 atom stereocenters. The Kier molecular flexibility index (Phi) is 5.86. The Morgan fingerprint density at radius 1 is 1.60 bits per heavy atom. The van der Waals surface area contributed by atoms with Crippen LogP contribution in [0.15, 0.2) is 0 Å². The fourth-order valence-electron chi connectivity index (χ4n) is 0.451. The molecule has 4 heteroatoms.